The Kier molecular flexibility index (Phi) is 37.5. The SMILES string of the molecule is CCCCCCCC/C=C/CC/C=C/CC/C=C/CCCC(O)C(O)C(COC1OC(CO)C(O)C(O)C1O)NC(=O)C(O)CCCCCCCCCCCCCCCCC. The van der Waals surface area contributed by atoms with Crippen LogP contribution in [0, 0.1) is 0 Å². The van der Waals surface area contributed by atoms with E-state index in [1.807, 2.05) is 0 Å². The Morgan fingerprint density at radius 3 is 1.46 bits per heavy atom. The topological polar surface area (TPSA) is 189 Å². The van der Waals surface area contributed by atoms with Crippen LogP contribution in [0.1, 0.15) is 206 Å². The summed E-state index contributed by atoms with van der Waals surface area (Å²) in [5.74, 6) is -0.712. The minimum Gasteiger partial charge on any atom is -0.394 e. The van der Waals surface area contributed by atoms with E-state index in [1.54, 1.807) is 0 Å². The van der Waals surface area contributed by atoms with Gasteiger partial charge in [0.25, 0.3) is 0 Å². The van der Waals surface area contributed by atoms with Crippen LogP contribution in [-0.2, 0) is 14.3 Å². The molecule has 358 valence electrons. The lowest BCUT2D eigenvalue weighted by Crippen LogP contribution is -2.60. The molecule has 0 saturated carbocycles. The molecular formula is C50H93NO10. The minimum absolute atomic E-state index is 0.242. The van der Waals surface area contributed by atoms with E-state index in [1.165, 1.54) is 116 Å². The van der Waals surface area contributed by atoms with Gasteiger partial charge in [-0.05, 0) is 64.2 Å². The van der Waals surface area contributed by atoms with E-state index >= 15 is 0 Å². The zero-order valence-electron chi connectivity index (χ0n) is 38.6. The van der Waals surface area contributed by atoms with Crippen LogP contribution < -0.4 is 5.32 Å². The van der Waals surface area contributed by atoms with Crippen LogP contribution in [-0.4, -0.2) is 110 Å². The van der Waals surface area contributed by atoms with Crippen molar-refractivity contribution in [3.63, 3.8) is 0 Å². The Balaban J connectivity index is 2.46. The molecule has 1 aliphatic heterocycles. The minimum atomic E-state index is -1.67. The number of unbranched alkanes of at least 4 members (excludes halogenated alkanes) is 23. The maximum atomic E-state index is 13.1. The van der Waals surface area contributed by atoms with Crippen LogP contribution in [0.15, 0.2) is 36.5 Å². The lowest BCUT2D eigenvalue weighted by Gasteiger charge is -2.40. The molecule has 0 aromatic carbocycles. The predicted molar refractivity (Wildman–Crippen MR) is 247 cm³/mol. The van der Waals surface area contributed by atoms with Gasteiger partial charge in [0.05, 0.1) is 25.4 Å². The van der Waals surface area contributed by atoms with Crippen molar-refractivity contribution in [3.8, 4) is 0 Å². The summed E-state index contributed by atoms with van der Waals surface area (Å²) in [4.78, 5) is 13.1. The molecule has 1 amide bonds. The summed E-state index contributed by atoms with van der Waals surface area (Å²) >= 11 is 0. The van der Waals surface area contributed by atoms with Crippen molar-refractivity contribution in [1.82, 2.24) is 5.32 Å². The molecule has 1 heterocycles. The summed E-state index contributed by atoms with van der Waals surface area (Å²) in [6, 6.07) is -1.19. The van der Waals surface area contributed by atoms with Crippen molar-refractivity contribution < 1.29 is 50.0 Å². The highest BCUT2D eigenvalue weighted by Crippen LogP contribution is 2.23. The van der Waals surface area contributed by atoms with E-state index in [0.29, 0.717) is 19.3 Å². The number of allylic oxidation sites excluding steroid dienone is 6. The van der Waals surface area contributed by atoms with Gasteiger partial charge < -0.3 is 50.5 Å². The molecule has 0 bridgehead atoms. The Labute approximate surface area is 371 Å². The molecule has 9 atom stereocenters. The normalized spacial score (nSPS) is 21.8. The van der Waals surface area contributed by atoms with Gasteiger partial charge in [0.1, 0.15) is 36.6 Å². The van der Waals surface area contributed by atoms with Crippen LogP contribution in [0.2, 0.25) is 0 Å². The highest BCUT2D eigenvalue weighted by atomic mass is 16.7. The molecule has 0 radical (unpaired) electrons. The van der Waals surface area contributed by atoms with E-state index < -0.39 is 74.2 Å². The molecule has 11 nitrogen and oxygen atoms in total. The summed E-state index contributed by atoms with van der Waals surface area (Å²) in [7, 11) is 0. The maximum Gasteiger partial charge on any atom is 0.249 e. The van der Waals surface area contributed by atoms with Crippen LogP contribution in [0.3, 0.4) is 0 Å². The summed E-state index contributed by atoms with van der Waals surface area (Å²) in [5, 5.41) is 75.7. The number of carbonyl (C=O) groups is 1. The van der Waals surface area contributed by atoms with Crippen LogP contribution >= 0.6 is 0 Å². The van der Waals surface area contributed by atoms with E-state index in [0.717, 1.165) is 44.9 Å². The second kappa shape index (κ2) is 39.9. The number of ether oxygens (including phenoxy) is 2. The maximum absolute atomic E-state index is 13.1. The molecule has 1 fully saturated rings. The molecule has 1 rings (SSSR count). The number of nitrogens with one attached hydrogen (secondary N) is 1. The zero-order valence-corrected chi connectivity index (χ0v) is 38.6. The van der Waals surface area contributed by atoms with Crippen molar-refractivity contribution in [2.75, 3.05) is 13.2 Å². The summed E-state index contributed by atoms with van der Waals surface area (Å²) in [6.07, 6.45) is 34.7. The molecular weight excluding hydrogens is 775 g/mol. The number of carbonyl (C=O) groups excluding carboxylic acids is 1. The van der Waals surface area contributed by atoms with Crippen molar-refractivity contribution in [3.05, 3.63) is 36.5 Å². The molecule has 1 saturated heterocycles. The van der Waals surface area contributed by atoms with Crippen molar-refractivity contribution in [2.45, 2.75) is 262 Å². The molecule has 11 heteroatoms. The van der Waals surface area contributed by atoms with Gasteiger partial charge in [-0.2, -0.15) is 0 Å². The lowest BCUT2D eigenvalue weighted by molar-refractivity contribution is -0.303. The molecule has 9 unspecified atom stereocenters. The number of rotatable bonds is 41. The number of amides is 1. The van der Waals surface area contributed by atoms with Crippen LogP contribution in [0.25, 0.3) is 0 Å². The predicted octanol–water partition coefficient (Wildman–Crippen LogP) is 8.78. The van der Waals surface area contributed by atoms with Gasteiger partial charge in [-0.1, -0.05) is 179 Å². The fourth-order valence-electron chi connectivity index (χ4n) is 7.77. The van der Waals surface area contributed by atoms with Gasteiger partial charge in [0.15, 0.2) is 6.29 Å². The monoisotopic (exact) mass is 868 g/mol. The number of aliphatic hydroxyl groups excluding tert-OH is 7. The quantitative estimate of drug-likeness (QED) is 0.0218. The average molecular weight is 868 g/mol. The standard InChI is InChI=1S/C50H93NO10/c1-3-5-7-9-11-13-15-17-19-20-21-22-24-25-27-29-31-33-35-37-42(53)45(55)41(40-60-50-48(58)47(57)46(56)44(39-52)61-50)51-49(59)43(54)38-36-34-32-30-28-26-23-18-16-14-12-10-8-6-4-2/h17,19,22,24,29,31,41-48,50,52-58H,3-16,18,20-21,23,25-28,30,32-40H2,1-2H3,(H,51,59)/b19-17+,24-22+,31-29+. The highest BCUT2D eigenvalue weighted by molar-refractivity contribution is 5.80. The van der Waals surface area contributed by atoms with E-state index in [9.17, 15) is 40.5 Å². The number of hydrogen-bond donors (Lipinski definition) is 8. The number of aliphatic hydroxyl groups is 7. The summed E-state index contributed by atoms with van der Waals surface area (Å²) < 4.78 is 11.1. The average Bonchev–Trinajstić information content (AvgIpc) is 3.26. The lowest BCUT2D eigenvalue weighted by atomic mass is 9.98. The van der Waals surface area contributed by atoms with Gasteiger partial charge in [0, 0.05) is 0 Å². The first-order chi connectivity index (χ1) is 29.7. The molecule has 0 aromatic heterocycles. The van der Waals surface area contributed by atoms with Crippen molar-refractivity contribution in [2.24, 2.45) is 0 Å². The van der Waals surface area contributed by atoms with Gasteiger partial charge >= 0.3 is 0 Å². The van der Waals surface area contributed by atoms with Crippen LogP contribution in [0.5, 0.6) is 0 Å². The molecule has 0 aromatic rings. The first kappa shape index (κ1) is 57.3. The molecule has 0 aliphatic carbocycles. The smallest absolute Gasteiger partial charge is 0.249 e. The van der Waals surface area contributed by atoms with Crippen LogP contribution in [0.4, 0.5) is 0 Å². The Morgan fingerprint density at radius 2 is 0.984 bits per heavy atom. The fourth-order valence-corrected chi connectivity index (χ4v) is 7.77. The summed E-state index contributed by atoms with van der Waals surface area (Å²) in [6.45, 7) is 3.41. The van der Waals surface area contributed by atoms with Crippen molar-refractivity contribution >= 4 is 5.91 Å². The van der Waals surface area contributed by atoms with Crippen molar-refractivity contribution in [1.29, 1.82) is 0 Å². The van der Waals surface area contributed by atoms with E-state index in [2.05, 4.69) is 55.6 Å². The second-order valence-corrected chi connectivity index (χ2v) is 17.5. The fraction of sp³-hybridized carbons (Fsp3) is 0.860. The first-order valence-electron chi connectivity index (χ1n) is 24.9. The Hall–Kier alpha value is -1.67. The second-order valence-electron chi connectivity index (χ2n) is 17.5. The molecule has 1 aliphatic rings. The third-order valence-electron chi connectivity index (χ3n) is 11.9. The molecule has 61 heavy (non-hydrogen) atoms. The first-order valence-corrected chi connectivity index (χ1v) is 24.9. The largest absolute Gasteiger partial charge is 0.394 e. The Bertz CT molecular complexity index is 1090. The van der Waals surface area contributed by atoms with E-state index in [4.69, 9.17) is 9.47 Å². The van der Waals surface area contributed by atoms with Gasteiger partial charge in [-0.15, -0.1) is 0 Å². The number of hydrogen-bond acceptors (Lipinski definition) is 10. The third-order valence-corrected chi connectivity index (χ3v) is 11.9. The van der Waals surface area contributed by atoms with Gasteiger partial charge in [0.2, 0.25) is 5.91 Å². The highest BCUT2D eigenvalue weighted by Gasteiger charge is 2.44. The third kappa shape index (κ3) is 29.4. The Morgan fingerprint density at radius 1 is 0.557 bits per heavy atom. The zero-order chi connectivity index (χ0) is 44.8. The molecule has 8 N–H and O–H groups in total. The molecule has 0 spiro atoms. The van der Waals surface area contributed by atoms with Gasteiger partial charge in [-0.3, -0.25) is 4.79 Å². The summed E-state index contributed by atoms with van der Waals surface area (Å²) in [5.41, 5.74) is 0. The van der Waals surface area contributed by atoms with Gasteiger partial charge in [-0.25, -0.2) is 0 Å². The van der Waals surface area contributed by atoms with E-state index in [-0.39, 0.29) is 12.8 Å².